The molecule has 2 unspecified atom stereocenters. The second-order valence-corrected chi connectivity index (χ2v) is 3.48. The fourth-order valence-corrected chi connectivity index (χ4v) is 1.68. The summed E-state index contributed by atoms with van der Waals surface area (Å²) in [7, 11) is 0. The first kappa shape index (κ1) is 10.5. The maximum atomic E-state index is 11.3. The fraction of sp³-hybridized carbons (Fsp3) is 0.889. The number of aliphatic hydroxyl groups excluding tert-OH is 1. The molecule has 76 valence electrons. The molecule has 1 fully saturated rings. The molecule has 0 spiro atoms. The number of piperazine rings is 1. The minimum Gasteiger partial charge on any atom is -0.394 e. The first-order valence-electron chi connectivity index (χ1n) is 4.85. The summed E-state index contributed by atoms with van der Waals surface area (Å²) in [6, 6.07) is 0.0203. The van der Waals surface area contributed by atoms with Crippen molar-refractivity contribution < 1.29 is 9.90 Å². The minimum absolute atomic E-state index is 0.0472. The molecule has 0 saturated carbocycles. The zero-order valence-electron chi connectivity index (χ0n) is 8.29. The van der Waals surface area contributed by atoms with Gasteiger partial charge in [0.05, 0.1) is 6.61 Å². The Labute approximate surface area is 78.9 Å². The van der Waals surface area contributed by atoms with Crippen molar-refractivity contribution in [2.24, 2.45) is 0 Å². The van der Waals surface area contributed by atoms with Crippen molar-refractivity contribution in [3.63, 3.8) is 0 Å². The number of aliphatic hydroxyl groups is 1. The molecule has 0 bridgehead atoms. The van der Waals surface area contributed by atoms with Crippen LogP contribution in [0.4, 0.5) is 0 Å². The summed E-state index contributed by atoms with van der Waals surface area (Å²) in [6.45, 7) is 5.62. The van der Waals surface area contributed by atoms with Crippen molar-refractivity contribution in [2.45, 2.75) is 32.4 Å². The molecule has 13 heavy (non-hydrogen) atoms. The van der Waals surface area contributed by atoms with Gasteiger partial charge in [0.25, 0.3) is 0 Å². The smallest absolute Gasteiger partial charge is 0.239 e. The fourth-order valence-electron chi connectivity index (χ4n) is 1.68. The van der Waals surface area contributed by atoms with Gasteiger partial charge in [-0.15, -0.1) is 0 Å². The molecule has 1 amide bonds. The highest BCUT2D eigenvalue weighted by molar-refractivity contribution is 5.82. The van der Waals surface area contributed by atoms with Gasteiger partial charge < -0.3 is 10.4 Å². The lowest BCUT2D eigenvalue weighted by molar-refractivity contribution is -0.131. The van der Waals surface area contributed by atoms with E-state index in [0.29, 0.717) is 12.6 Å². The summed E-state index contributed by atoms with van der Waals surface area (Å²) >= 11 is 0. The number of hydrogen-bond acceptors (Lipinski definition) is 3. The van der Waals surface area contributed by atoms with Gasteiger partial charge >= 0.3 is 0 Å². The van der Waals surface area contributed by atoms with Crippen LogP contribution in [0.1, 0.15) is 20.3 Å². The third-order valence-electron chi connectivity index (χ3n) is 2.70. The molecular weight excluding hydrogens is 168 g/mol. The Bertz CT molecular complexity index is 184. The van der Waals surface area contributed by atoms with E-state index in [0.717, 1.165) is 13.0 Å². The largest absolute Gasteiger partial charge is 0.394 e. The molecule has 4 nitrogen and oxygen atoms in total. The summed E-state index contributed by atoms with van der Waals surface area (Å²) < 4.78 is 0. The number of carbonyl (C=O) groups excluding carboxylic acids is 1. The molecule has 0 aliphatic carbocycles. The lowest BCUT2D eigenvalue weighted by Gasteiger charge is -2.37. The molecule has 2 N–H and O–H groups in total. The van der Waals surface area contributed by atoms with E-state index in [-0.39, 0.29) is 18.6 Å². The van der Waals surface area contributed by atoms with Gasteiger partial charge in [-0.1, -0.05) is 6.92 Å². The van der Waals surface area contributed by atoms with Crippen LogP contribution in [0, 0.1) is 0 Å². The van der Waals surface area contributed by atoms with Gasteiger partial charge in [0.15, 0.2) is 0 Å². The average molecular weight is 186 g/mol. The zero-order valence-corrected chi connectivity index (χ0v) is 8.29. The lowest BCUT2D eigenvalue weighted by Crippen LogP contribution is -2.59. The second-order valence-electron chi connectivity index (χ2n) is 3.48. The van der Waals surface area contributed by atoms with E-state index in [9.17, 15) is 4.79 Å². The van der Waals surface area contributed by atoms with Crippen LogP contribution in [0.15, 0.2) is 0 Å². The Hall–Kier alpha value is -0.610. The third-order valence-corrected chi connectivity index (χ3v) is 2.70. The molecule has 1 heterocycles. The van der Waals surface area contributed by atoms with E-state index < -0.39 is 0 Å². The summed E-state index contributed by atoms with van der Waals surface area (Å²) in [5.74, 6) is -0.0472. The molecule has 1 saturated heterocycles. The van der Waals surface area contributed by atoms with Gasteiger partial charge in [-0.3, -0.25) is 9.69 Å². The summed E-state index contributed by atoms with van der Waals surface area (Å²) in [5.41, 5.74) is 0. The summed E-state index contributed by atoms with van der Waals surface area (Å²) in [5, 5.41) is 11.8. The first-order valence-corrected chi connectivity index (χ1v) is 4.85. The topological polar surface area (TPSA) is 52.6 Å². The van der Waals surface area contributed by atoms with Gasteiger partial charge in [0.1, 0.15) is 6.04 Å². The second kappa shape index (κ2) is 4.58. The number of carbonyl (C=O) groups is 1. The Morgan fingerprint density at radius 2 is 2.46 bits per heavy atom. The molecule has 4 heteroatoms. The lowest BCUT2D eigenvalue weighted by atomic mass is 10.1. The molecule has 0 aromatic carbocycles. The average Bonchev–Trinajstić information content (AvgIpc) is 2.16. The molecule has 2 atom stereocenters. The molecule has 1 rings (SSSR count). The number of amides is 1. The van der Waals surface area contributed by atoms with Crippen LogP contribution in [0.3, 0.4) is 0 Å². The monoisotopic (exact) mass is 186 g/mol. The SMILES string of the molecule is CCC(C)N1CCNC(=O)C1CO. The number of rotatable bonds is 3. The number of nitrogens with zero attached hydrogens (tertiary/aromatic N) is 1. The Balaban J connectivity index is 2.64. The minimum atomic E-state index is -0.344. The van der Waals surface area contributed by atoms with Crippen molar-refractivity contribution in [3.05, 3.63) is 0 Å². The van der Waals surface area contributed by atoms with Crippen molar-refractivity contribution in [1.82, 2.24) is 10.2 Å². The third kappa shape index (κ3) is 2.19. The van der Waals surface area contributed by atoms with Crippen LogP contribution in [-0.4, -0.2) is 47.7 Å². The van der Waals surface area contributed by atoms with Gasteiger partial charge in [-0.25, -0.2) is 0 Å². The van der Waals surface area contributed by atoms with E-state index in [2.05, 4.69) is 24.1 Å². The predicted molar refractivity (Wildman–Crippen MR) is 50.3 cm³/mol. The first-order chi connectivity index (χ1) is 6.20. The van der Waals surface area contributed by atoms with Crippen LogP contribution in [0.25, 0.3) is 0 Å². The van der Waals surface area contributed by atoms with E-state index in [1.54, 1.807) is 0 Å². The summed E-state index contributed by atoms with van der Waals surface area (Å²) in [4.78, 5) is 13.4. The van der Waals surface area contributed by atoms with Crippen LogP contribution in [-0.2, 0) is 4.79 Å². The quantitative estimate of drug-likeness (QED) is 0.629. The van der Waals surface area contributed by atoms with Gasteiger partial charge in [-0.2, -0.15) is 0 Å². The highest BCUT2D eigenvalue weighted by Crippen LogP contribution is 2.11. The molecule has 0 radical (unpaired) electrons. The predicted octanol–water partition coefficient (Wildman–Crippen LogP) is -0.422. The van der Waals surface area contributed by atoms with Crippen LogP contribution >= 0.6 is 0 Å². The Morgan fingerprint density at radius 3 is 3.00 bits per heavy atom. The highest BCUT2D eigenvalue weighted by Gasteiger charge is 2.31. The zero-order chi connectivity index (χ0) is 9.84. The van der Waals surface area contributed by atoms with Gasteiger partial charge in [-0.05, 0) is 13.3 Å². The molecule has 0 aromatic heterocycles. The molecule has 0 aromatic rings. The van der Waals surface area contributed by atoms with Crippen molar-refractivity contribution in [2.75, 3.05) is 19.7 Å². The van der Waals surface area contributed by atoms with Crippen molar-refractivity contribution in [1.29, 1.82) is 0 Å². The van der Waals surface area contributed by atoms with Crippen LogP contribution in [0.2, 0.25) is 0 Å². The number of hydrogen-bond donors (Lipinski definition) is 2. The Morgan fingerprint density at radius 1 is 1.77 bits per heavy atom. The van der Waals surface area contributed by atoms with Crippen molar-refractivity contribution >= 4 is 5.91 Å². The van der Waals surface area contributed by atoms with E-state index in [1.807, 2.05) is 0 Å². The van der Waals surface area contributed by atoms with Crippen LogP contribution < -0.4 is 5.32 Å². The van der Waals surface area contributed by atoms with E-state index >= 15 is 0 Å². The maximum Gasteiger partial charge on any atom is 0.239 e. The highest BCUT2D eigenvalue weighted by atomic mass is 16.3. The van der Waals surface area contributed by atoms with Gasteiger partial charge in [0.2, 0.25) is 5.91 Å². The maximum absolute atomic E-state index is 11.3. The number of nitrogens with one attached hydrogen (secondary N) is 1. The standard InChI is InChI=1S/C9H18N2O2/c1-3-7(2)11-5-4-10-9(13)8(11)6-12/h7-8,12H,3-6H2,1-2H3,(H,10,13). The van der Waals surface area contributed by atoms with Crippen molar-refractivity contribution in [3.8, 4) is 0 Å². The molecule has 1 aliphatic rings. The Kier molecular flexibility index (Phi) is 3.69. The molecule has 1 aliphatic heterocycles. The van der Waals surface area contributed by atoms with E-state index in [4.69, 9.17) is 5.11 Å². The normalized spacial score (nSPS) is 27.0. The van der Waals surface area contributed by atoms with Crippen LogP contribution in [0.5, 0.6) is 0 Å². The van der Waals surface area contributed by atoms with E-state index in [1.165, 1.54) is 0 Å². The summed E-state index contributed by atoms with van der Waals surface area (Å²) in [6.07, 6.45) is 1.00. The molecular formula is C9H18N2O2. The van der Waals surface area contributed by atoms with Gasteiger partial charge in [0, 0.05) is 19.1 Å².